The van der Waals surface area contributed by atoms with E-state index < -0.39 is 0 Å². The SMILES string of the molecule is Cc1cc(-c2cc(C)c(Br)cc2C)c(C)cc1Br. The van der Waals surface area contributed by atoms with Gasteiger partial charge in [-0.05, 0) is 73.2 Å². The molecule has 0 unspecified atom stereocenters. The fraction of sp³-hybridized carbons (Fsp3) is 0.250. The lowest BCUT2D eigenvalue weighted by molar-refractivity contribution is 1.32. The summed E-state index contributed by atoms with van der Waals surface area (Å²) in [5.41, 5.74) is 7.80. The summed E-state index contributed by atoms with van der Waals surface area (Å²) in [5.74, 6) is 0. The van der Waals surface area contributed by atoms with E-state index in [1.54, 1.807) is 0 Å². The molecular formula is C16H16Br2. The standard InChI is InChI=1S/C16H16Br2/c1-9-7-15(17)11(3)5-13(9)14-6-12(4)16(18)8-10(14)2/h5-8H,1-4H3. The predicted molar refractivity (Wildman–Crippen MR) is 86.2 cm³/mol. The zero-order valence-electron chi connectivity index (χ0n) is 11.1. The Morgan fingerprint density at radius 2 is 0.889 bits per heavy atom. The van der Waals surface area contributed by atoms with Crippen LogP contribution in [-0.4, -0.2) is 0 Å². The number of hydrogen-bond donors (Lipinski definition) is 0. The summed E-state index contributed by atoms with van der Waals surface area (Å²) >= 11 is 7.18. The molecule has 18 heavy (non-hydrogen) atoms. The fourth-order valence-corrected chi connectivity index (χ4v) is 3.06. The summed E-state index contributed by atoms with van der Waals surface area (Å²) in [6.07, 6.45) is 0. The molecule has 0 saturated carbocycles. The molecule has 0 fully saturated rings. The smallest absolute Gasteiger partial charge is 0.0207 e. The van der Waals surface area contributed by atoms with E-state index in [4.69, 9.17) is 0 Å². The van der Waals surface area contributed by atoms with Crippen LogP contribution in [0.25, 0.3) is 11.1 Å². The molecule has 94 valence electrons. The van der Waals surface area contributed by atoms with E-state index in [1.165, 1.54) is 42.3 Å². The Bertz CT molecular complexity index is 557. The molecule has 0 aliphatic carbocycles. The molecule has 0 nitrogen and oxygen atoms in total. The second-order valence-electron chi connectivity index (χ2n) is 4.83. The molecule has 2 aromatic carbocycles. The lowest BCUT2D eigenvalue weighted by Gasteiger charge is -2.13. The quantitative estimate of drug-likeness (QED) is 0.570. The topological polar surface area (TPSA) is 0 Å². The van der Waals surface area contributed by atoms with Gasteiger partial charge in [0.15, 0.2) is 0 Å². The van der Waals surface area contributed by atoms with Crippen LogP contribution in [0.5, 0.6) is 0 Å². The Labute approximate surface area is 126 Å². The molecule has 0 saturated heterocycles. The van der Waals surface area contributed by atoms with Crippen molar-refractivity contribution in [1.29, 1.82) is 0 Å². The van der Waals surface area contributed by atoms with Gasteiger partial charge < -0.3 is 0 Å². The van der Waals surface area contributed by atoms with Gasteiger partial charge >= 0.3 is 0 Å². The van der Waals surface area contributed by atoms with E-state index >= 15 is 0 Å². The lowest BCUT2D eigenvalue weighted by atomic mass is 9.94. The summed E-state index contributed by atoms with van der Waals surface area (Å²) in [6.45, 7) is 8.59. The first-order valence-electron chi connectivity index (χ1n) is 5.94. The van der Waals surface area contributed by atoms with Crippen LogP contribution in [0.2, 0.25) is 0 Å². The largest absolute Gasteiger partial charge is 0.0505 e. The third-order valence-corrected chi connectivity index (χ3v) is 5.01. The highest BCUT2D eigenvalue weighted by Crippen LogP contribution is 2.33. The molecule has 0 N–H and O–H groups in total. The number of aryl methyl sites for hydroxylation is 4. The highest BCUT2D eigenvalue weighted by atomic mass is 79.9. The fourth-order valence-electron chi connectivity index (χ4n) is 2.14. The molecule has 0 atom stereocenters. The molecule has 2 aromatic rings. The summed E-state index contributed by atoms with van der Waals surface area (Å²) in [6, 6.07) is 8.91. The molecule has 0 aliphatic heterocycles. The average Bonchev–Trinajstić information content (AvgIpc) is 2.29. The van der Waals surface area contributed by atoms with Crippen molar-refractivity contribution in [1.82, 2.24) is 0 Å². The van der Waals surface area contributed by atoms with Gasteiger partial charge in [-0.1, -0.05) is 44.0 Å². The maximum Gasteiger partial charge on any atom is 0.0207 e. The normalized spacial score (nSPS) is 10.8. The van der Waals surface area contributed by atoms with Crippen molar-refractivity contribution in [3.05, 3.63) is 55.5 Å². The number of hydrogen-bond acceptors (Lipinski definition) is 0. The van der Waals surface area contributed by atoms with Crippen molar-refractivity contribution >= 4 is 31.9 Å². The van der Waals surface area contributed by atoms with Gasteiger partial charge in [-0.3, -0.25) is 0 Å². The van der Waals surface area contributed by atoms with Gasteiger partial charge in [0, 0.05) is 8.95 Å². The van der Waals surface area contributed by atoms with E-state index in [1.807, 2.05) is 0 Å². The molecule has 2 rings (SSSR count). The Hall–Kier alpha value is -0.600. The van der Waals surface area contributed by atoms with Crippen LogP contribution in [0.15, 0.2) is 33.2 Å². The lowest BCUT2D eigenvalue weighted by Crippen LogP contribution is -1.91. The second-order valence-corrected chi connectivity index (χ2v) is 6.54. The van der Waals surface area contributed by atoms with Gasteiger partial charge in [0.05, 0.1) is 0 Å². The van der Waals surface area contributed by atoms with Crippen LogP contribution in [-0.2, 0) is 0 Å². The summed E-state index contributed by atoms with van der Waals surface area (Å²) in [4.78, 5) is 0. The zero-order valence-corrected chi connectivity index (χ0v) is 14.2. The number of benzene rings is 2. The third kappa shape index (κ3) is 2.55. The summed E-state index contributed by atoms with van der Waals surface area (Å²) in [7, 11) is 0. The third-order valence-electron chi connectivity index (χ3n) is 3.30. The van der Waals surface area contributed by atoms with Crippen LogP contribution in [0.1, 0.15) is 22.3 Å². The first kappa shape index (κ1) is 13.8. The average molecular weight is 368 g/mol. The highest BCUT2D eigenvalue weighted by Gasteiger charge is 2.09. The molecule has 0 bridgehead atoms. The summed E-state index contributed by atoms with van der Waals surface area (Å²) < 4.78 is 2.35. The van der Waals surface area contributed by atoms with Gasteiger partial charge in [-0.25, -0.2) is 0 Å². The van der Waals surface area contributed by atoms with Crippen LogP contribution in [0.3, 0.4) is 0 Å². The minimum atomic E-state index is 1.18. The van der Waals surface area contributed by atoms with Crippen molar-refractivity contribution in [2.24, 2.45) is 0 Å². The summed E-state index contributed by atoms with van der Waals surface area (Å²) in [5, 5.41) is 0. The Morgan fingerprint density at radius 3 is 1.22 bits per heavy atom. The molecule has 0 heterocycles. The minimum absolute atomic E-state index is 1.18. The minimum Gasteiger partial charge on any atom is -0.0505 e. The van der Waals surface area contributed by atoms with Crippen molar-refractivity contribution in [3.63, 3.8) is 0 Å². The monoisotopic (exact) mass is 366 g/mol. The molecule has 0 amide bonds. The predicted octanol–water partition coefficient (Wildman–Crippen LogP) is 6.11. The maximum atomic E-state index is 3.59. The van der Waals surface area contributed by atoms with Crippen molar-refractivity contribution in [2.45, 2.75) is 27.7 Å². The van der Waals surface area contributed by atoms with Gasteiger partial charge in [0.1, 0.15) is 0 Å². The zero-order chi connectivity index (χ0) is 13.4. The van der Waals surface area contributed by atoms with E-state index in [-0.39, 0.29) is 0 Å². The number of rotatable bonds is 1. The Morgan fingerprint density at radius 1 is 0.556 bits per heavy atom. The first-order chi connectivity index (χ1) is 8.40. The molecule has 0 radical (unpaired) electrons. The van der Waals surface area contributed by atoms with Crippen LogP contribution >= 0.6 is 31.9 Å². The molecule has 2 heteroatoms. The van der Waals surface area contributed by atoms with Gasteiger partial charge in [-0.15, -0.1) is 0 Å². The van der Waals surface area contributed by atoms with E-state index in [9.17, 15) is 0 Å². The highest BCUT2D eigenvalue weighted by molar-refractivity contribution is 9.10. The number of halogens is 2. The van der Waals surface area contributed by atoms with E-state index in [2.05, 4.69) is 83.8 Å². The first-order valence-corrected chi connectivity index (χ1v) is 7.52. The molecular weight excluding hydrogens is 352 g/mol. The van der Waals surface area contributed by atoms with Crippen LogP contribution in [0, 0.1) is 27.7 Å². The molecule has 0 aliphatic rings. The van der Waals surface area contributed by atoms with Crippen LogP contribution in [0.4, 0.5) is 0 Å². The Kier molecular flexibility index (Phi) is 3.98. The van der Waals surface area contributed by atoms with Gasteiger partial charge in [0.25, 0.3) is 0 Å². The van der Waals surface area contributed by atoms with Gasteiger partial charge in [-0.2, -0.15) is 0 Å². The maximum absolute atomic E-state index is 3.59. The second kappa shape index (κ2) is 5.18. The molecule has 0 aromatic heterocycles. The van der Waals surface area contributed by atoms with Crippen molar-refractivity contribution in [2.75, 3.05) is 0 Å². The Balaban J connectivity index is 2.69. The van der Waals surface area contributed by atoms with E-state index in [0.717, 1.165) is 0 Å². The van der Waals surface area contributed by atoms with Crippen LogP contribution < -0.4 is 0 Å². The molecule has 0 spiro atoms. The van der Waals surface area contributed by atoms with E-state index in [0.29, 0.717) is 0 Å². The van der Waals surface area contributed by atoms with Crippen molar-refractivity contribution < 1.29 is 0 Å². The van der Waals surface area contributed by atoms with Gasteiger partial charge in [0.2, 0.25) is 0 Å². The van der Waals surface area contributed by atoms with Crippen molar-refractivity contribution in [3.8, 4) is 11.1 Å².